The molecule has 126 valence electrons. The van der Waals surface area contributed by atoms with Crippen LogP contribution in [0.5, 0.6) is 0 Å². The number of rotatable bonds is 4. The van der Waals surface area contributed by atoms with Gasteiger partial charge in [-0.3, -0.25) is 9.59 Å². The molecule has 1 saturated heterocycles. The summed E-state index contributed by atoms with van der Waals surface area (Å²) in [6, 6.07) is 5.61. The molecule has 8 heteroatoms. The lowest BCUT2D eigenvalue weighted by molar-refractivity contribution is -0.150. The second-order valence-electron chi connectivity index (χ2n) is 5.93. The number of carbonyl (C=O) groups excluding carboxylic acids is 1. The minimum Gasteiger partial charge on any atom is -0.481 e. The summed E-state index contributed by atoms with van der Waals surface area (Å²) >= 11 is 0. The fourth-order valence-electron chi connectivity index (χ4n) is 2.66. The van der Waals surface area contributed by atoms with Crippen LogP contribution in [-0.2, 0) is 14.8 Å². The smallest absolute Gasteiger partial charge is 0.311 e. The number of aliphatic carboxylic acids is 1. The van der Waals surface area contributed by atoms with Crippen LogP contribution in [0, 0.1) is 5.41 Å². The molecule has 1 fully saturated rings. The van der Waals surface area contributed by atoms with Gasteiger partial charge >= 0.3 is 5.97 Å². The van der Waals surface area contributed by atoms with Gasteiger partial charge < -0.3 is 10.0 Å². The monoisotopic (exact) mass is 340 g/mol. The Morgan fingerprint density at radius 1 is 1.26 bits per heavy atom. The van der Waals surface area contributed by atoms with E-state index in [-0.39, 0.29) is 17.3 Å². The molecule has 0 radical (unpaired) electrons. The van der Waals surface area contributed by atoms with E-state index < -0.39 is 21.4 Å². The zero-order valence-corrected chi connectivity index (χ0v) is 13.9. The molecule has 1 aliphatic heterocycles. The van der Waals surface area contributed by atoms with Crippen molar-refractivity contribution in [2.45, 2.75) is 24.7 Å². The van der Waals surface area contributed by atoms with Crippen molar-refractivity contribution in [3.63, 3.8) is 0 Å². The summed E-state index contributed by atoms with van der Waals surface area (Å²) in [4.78, 5) is 25.5. The Morgan fingerprint density at radius 3 is 2.39 bits per heavy atom. The predicted molar refractivity (Wildman–Crippen MR) is 83.6 cm³/mol. The summed E-state index contributed by atoms with van der Waals surface area (Å²) in [6.45, 7) is 2.29. The molecule has 2 N–H and O–H groups in total. The number of piperidine rings is 1. The number of amides is 1. The van der Waals surface area contributed by atoms with Crippen molar-refractivity contribution in [3.8, 4) is 0 Å². The lowest BCUT2D eigenvalue weighted by Gasteiger charge is -2.37. The maximum atomic E-state index is 12.5. The zero-order chi connectivity index (χ0) is 17.3. The minimum atomic E-state index is -3.55. The summed E-state index contributed by atoms with van der Waals surface area (Å²) in [5.74, 6) is -1.20. The third-order valence-corrected chi connectivity index (χ3v) is 5.61. The number of hydrogen-bond acceptors (Lipinski definition) is 4. The number of carboxylic acid groups (broad SMARTS) is 1. The van der Waals surface area contributed by atoms with Gasteiger partial charge in [0.25, 0.3) is 5.91 Å². The van der Waals surface area contributed by atoms with E-state index in [1.807, 2.05) is 0 Å². The number of likely N-dealkylation sites (tertiary alicyclic amines) is 1. The van der Waals surface area contributed by atoms with E-state index in [2.05, 4.69) is 4.72 Å². The second-order valence-corrected chi connectivity index (χ2v) is 7.81. The van der Waals surface area contributed by atoms with Crippen LogP contribution in [0.25, 0.3) is 0 Å². The van der Waals surface area contributed by atoms with Gasteiger partial charge in [-0.2, -0.15) is 0 Å². The first-order chi connectivity index (χ1) is 10.7. The van der Waals surface area contributed by atoms with Crippen LogP contribution in [0.3, 0.4) is 0 Å². The average Bonchev–Trinajstić information content (AvgIpc) is 2.54. The third kappa shape index (κ3) is 3.53. The van der Waals surface area contributed by atoms with Crippen molar-refractivity contribution in [2.24, 2.45) is 5.41 Å². The molecule has 1 aliphatic rings. The standard InChI is InChI=1S/C15H20N2O5S/c1-15(14(19)20)8-3-9-17(10-15)13(18)11-4-6-12(7-5-11)23(21,22)16-2/h4-7,16H,3,8-10H2,1-2H3,(H,19,20). The van der Waals surface area contributed by atoms with Crippen molar-refractivity contribution in [3.05, 3.63) is 29.8 Å². The zero-order valence-electron chi connectivity index (χ0n) is 13.1. The number of benzene rings is 1. The van der Waals surface area contributed by atoms with Gasteiger partial charge in [-0.25, -0.2) is 13.1 Å². The molecule has 7 nitrogen and oxygen atoms in total. The summed E-state index contributed by atoms with van der Waals surface area (Å²) in [6.07, 6.45) is 1.16. The number of carboxylic acids is 1. The quantitative estimate of drug-likeness (QED) is 0.848. The van der Waals surface area contributed by atoms with E-state index in [1.54, 1.807) is 6.92 Å². The highest BCUT2D eigenvalue weighted by Gasteiger charge is 2.39. The molecule has 23 heavy (non-hydrogen) atoms. The van der Waals surface area contributed by atoms with E-state index >= 15 is 0 Å². The van der Waals surface area contributed by atoms with Crippen LogP contribution >= 0.6 is 0 Å². The van der Waals surface area contributed by atoms with E-state index in [0.717, 1.165) is 0 Å². The average molecular weight is 340 g/mol. The number of sulfonamides is 1. The molecule has 0 bridgehead atoms. The fraction of sp³-hybridized carbons (Fsp3) is 0.467. The summed E-state index contributed by atoms with van der Waals surface area (Å²) in [5.41, 5.74) is -0.599. The Hall–Kier alpha value is -1.93. The van der Waals surface area contributed by atoms with Crippen molar-refractivity contribution >= 4 is 21.9 Å². The predicted octanol–water partition coefficient (Wildman–Crippen LogP) is 0.922. The number of carbonyl (C=O) groups is 2. The highest BCUT2D eigenvalue weighted by Crippen LogP contribution is 2.30. The van der Waals surface area contributed by atoms with Gasteiger partial charge in [-0.05, 0) is 51.1 Å². The summed E-state index contributed by atoms with van der Waals surface area (Å²) < 4.78 is 25.5. The first kappa shape index (κ1) is 17.4. The van der Waals surface area contributed by atoms with E-state index in [0.29, 0.717) is 24.9 Å². The summed E-state index contributed by atoms with van der Waals surface area (Å²) in [7, 11) is -2.23. The van der Waals surface area contributed by atoms with Gasteiger partial charge in [0.15, 0.2) is 0 Å². The van der Waals surface area contributed by atoms with Crippen molar-refractivity contribution < 1.29 is 23.1 Å². The maximum Gasteiger partial charge on any atom is 0.311 e. The molecule has 0 spiro atoms. The van der Waals surface area contributed by atoms with Crippen LogP contribution in [0.4, 0.5) is 0 Å². The molecular formula is C15H20N2O5S. The largest absolute Gasteiger partial charge is 0.481 e. The molecule has 0 aromatic heterocycles. The normalized spacial score (nSPS) is 21.9. The Kier molecular flexibility index (Phi) is 4.76. The summed E-state index contributed by atoms with van der Waals surface area (Å²) in [5, 5.41) is 9.31. The molecule has 1 aromatic carbocycles. The van der Waals surface area contributed by atoms with Crippen molar-refractivity contribution in [2.75, 3.05) is 20.1 Å². The van der Waals surface area contributed by atoms with Crippen molar-refractivity contribution in [1.82, 2.24) is 9.62 Å². The molecule has 1 aromatic rings. The van der Waals surface area contributed by atoms with Crippen LogP contribution in [0.15, 0.2) is 29.2 Å². The van der Waals surface area contributed by atoms with Crippen LogP contribution in [-0.4, -0.2) is 50.4 Å². The Labute approximate surface area is 135 Å². The molecule has 0 aliphatic carbocycles. The van der Waals surface area contributed by atoms with Crippen LogP contribution < -0.4 is 4.72 Å². The van der Waals surface area contributed by atoms with E-state index in [4.69, 9.17) is 0 Å². The molecule has 1 heterocycles. The molecule has 1 amide bonds. The number of hydrogen-bond donors (Lipinski definition) is 2. The second kappa shape index (κ2) is 6.29. The molecular weight excluding hydrogens is 320 g/mol. The first-order valence-electron chi connectivity index (χ1n) is 7.26. The van der Waals surface area contributed by atoms with Crippen LogP contribution in [0.1, 0.15) is 30.1 Å². The fourth-order valence-corrected chi connectivity index (χ4v) is 3.39. The third-order valence-electron chi connectivity index (χ3n) is 4.18. The number of nitrogens with zero attached hydrogens (tertiary/aromatic N) is 1. The number of nitrogens with one attached hydrogen (secondary N) is 1. The highest BCUT2D eigenvalue weighted by molar-refractivity contribution is 7.89. The Morgan fingerprint density at radius 2 is 1.87 bits per heavy atom. The molecule has 2 rings (SSSR count). The van der Waals surface area contributed by atoms with Gasteiger partial charge in [-0.15, -0.1) is 0 Å². The van der Waals surface area contributed by atoms with E-state index in [9.17, 15) is 23.1 Å². The SMILES string of the molecule is CNS(=O)(=O)c1ccc(C(=O)N2CCCC(C)(C(=O)O)C2)cc1. The maximum absolute atomic E-state index is 12.5. The minimum absolute atomic E-state index is 0.0746. The van der Waals surface area contributed by atoms with Gasteiger partial charge in [0, 0.05) is 18.7 Å². The Bertz CT molecular complexity index is 714. The molecule has 0 saturated carbocycles. The van der Waals surface area contributed by atoms with Gasteiger partial charge in [0.2, 0.25) is 10.0 Å². The lowest BCUT2D eigenvalue weighted by atomic mass is 9.82. The van der Waals surface area contributed by atoms with Gasteiger partial charge in [0.1, 0.15) is 0 Å². The van der Waals surface area contributed by atoms with Gasteiger partial charge in [-0.1, -0.05) is 0 Å². The molecule has 1 atom stereocenters. The van der Waals surface area contributed by atoms with Crippen molar-refractivity contribution in [1.29, 1.82) is 0 Å². The first-order valence-corrected chi connectivity index (χ1v) is 8.74. The lowest BCUT2D eigenvalue weighted by Crippen LogP contribution is -2.48. The Balaban J connectivity index is 2.19. The highest BCUT2D eigenvalue weighted by atomic mass is 32.2. The van der Waals surface area contributed by atoms with Gasteiger partial charge in [0.05, 0.1) is 10.3 Å². The van der Waals surface area contributed by atoms with Crippen LogP contribution in [0.2, 0.25) is 0 Å². The van der Waals surface area contributed by atoms with E-state index in [1.165, 1.54) is 36.2 Å². The molecule has 1 unspecified atom stereocenters. The topological polar surface area (TPSA) is 104 Å².